The summed E-state index contributed by atoms with van der Waals surface area (Å²) >= 11 is 0. The van der Waals surface area contributed by atoms with Crippen molar-refractivity contribution >= 4 is 0 Å². The molecule has 2 nitrogen and oxygen atoms in total. The Morgan fingerprint density at radius 3 is 1.00 bits per heavy atom. The second-order valence-electron chi connectivity index (χ2n) is 11.9. The van der Waals surface area contributed by atoms with Crippen LogP contribution in [0.25, 0.3) is 11.1 Å². The molecule has 0 radical (unpaired) electrons. The van der Waals surface area contributed by atoms with E-state index in [1.54, 1.807) is 7.11 Å². The minimum absolute atomic E-state index is 0.0417. The van der Waals surface area contributed by atoms with Gasteiger partial charge in [0.15, 0.2) is 40.7 Å². The Morgan fingerprint density at radius 2 is 0.755 bits per heavy atom. The average molecular weight is 701 g/mol. The summed E-state index contributed by atoms with van der Waals surface area (Å²) in [6.45, 7) is 17.8. The summed E-state index contributed by atoms with van der Waals surface area (Å²) in [6, 6.07) is 21.1. The Morgan fingerprint density at radius 1 is 0.469 bits per heavy atom. The highest BCUT2D eigenvalue weighted by Gasteiger charge is 2.36. The van der Waals surface area contributed by atoms with E-state index in [0.29, 0.717) is 7.11 Å². The predicted molar refractivity (Wildman–Crippen MR) is 182 cm³/mol. The van der Waals surface area contributed by atoms with Crippen molar-refractivity contribution in [1.29, 1.82) is 0 Å². The molecule has 0 atom stereocenters. The van der Waals surface area contributed by atoms with E-state index >= 15 is 0 Å². The highest BCUT2D eigenvalue weighted by atomic mass is 19.2. The molecule has 0 N–H and O–H groups in total. The number of hydrogen-bond donors (Lipinski definition) is 0. The molecule has 0 aliphatic rings. The lowest BCUT2D eigenvalue weighted by atomic mass is 9.84. The molecule has 4 aromatic rings. The van der Waals surface area contributed by atoms with E-state index in [9.17, 15) is 35.1 Å². The molecule has 0 fully saturated rings. The predicted octanol–water partition coefficient (Wildman–Crippen LogP) is 12.5. The van der Waals surface area contributed by atoms with Crippen molar-refractivity contribution in [3.63, 3.8) is 0 Å². The molecule has 0 saturated carbocycles. The van der Waals surface area contributed by atoms with Gasteiger partial charge in [-0.1, -0.05) is 109 Å². The lowest BCUT2D eigenvalue weighted by molar-refractivity contribution is 0.0397. The SMILES string of the molecule is CC.CC.COC(C)(C)C.COc1c(F)c(F)c(-c2c(F)c(F)c(C(C)(C)C)c(F)c2F)c(F)c1F.c1ccc(Cc2ccccc2)cc1. The van der Waals surface area contributed by atoms with Crippen molar-refractivity contribution in [1.82, 2.24) is 0 Å². The van der Waals surface area contributed by atoms with Crippen LogP contribution in [0.2, 0.25) is 0 Å². The van der Waals surface area contributed by atoms with Crippen LogP contribution in [0.4, 0.5) is 35.1 Å². The van der Waals surface area contributed by atoms with E-state index in [2.05, 4.69) is 65.4 Å². The first kappa shape index (κ1) is 45.1. The van der Waals surface area contributed by atoms with Gasteiger partial charge in [0.05, 0.1) is 23.8 Å². The molecule has 0 aliphatic heterocycles. The molecular formula is C39H48F8O2. The van der Waals surface area contributed by atoms with E-state index in [0.717, 1.165) is 6.42 Å². The summed E-state index contributed by atoms with van der Waals surface area (Å²) in [5, 5.41) is 0. The lowest BCUT2D eigenvalue weighted by Gasteiger charge is -2.23. The summed E-state index contributed by atoms with van der Waals surface area (Å²) in [7, 11) is 2.40. The van der Waals surface area contributed by atoms with Gasteiger partial charge in [-0.15, -0.1) is 0 Å². The summed E-state index contributed by atoms with van der Waals surface area (Å²) in [6.07, 6.45) is 1.03. The zero-order valence-electron chi connectivity index (χ0n) is 30.3. The quantitative estimate of drug-likeness (QED) is 0.156. The Hall–Kier alpha value is -3.92. The van der Waals surface area contributed by atoms with Crippen LogP contribution < -0.4 is 4.74 Å². The molecular weight excluding hydrogens is 652 g/mol. The minimum atomic E-state index is -2.26. The van der Waals surface area contributed by atoms with Crippen LogP contribution in [0.15, 0.2) is 60.7 Å². The van der Waals surface area contributed by atoms with Gasteiger partial charge in [-0.3, -0.25) is 0 Å². The second-order valence-corrected chi connectivity index (χ2v) is 11.9. The van der Waals surface area contributed by atoms with Gasteiger partial charge in [0.2, 0.25) is 11.6 Å². The molecule has 4 rings (SSSR count). The molecule has 4 aromatic carbocycles. The smallest absolute Gasteiger partial charge is 0.204 e. The third kappa shape index (κ3) is 12.5. The third-order valence-corrected chi connectivity index (χ3v) is 6.40. The van der Waals surface area contributed by atoms with Crippen molar-refractivity contribution in [3.8, 4) is 16.9 Å². The number of ether oxygens (including phenoxy) is 2. The highest BCUT2D eigenvalue weighted by molar-refractivity contribution is 5.69. The first-order valence-corrected chi connectivity index (χ1v) is 15.8. The van der Waals surface area contributed by atoms with Crippen molar-refractivity contribution in [2.24, 2.45) is 0 Å². The number of rotatable bonds is 4. The lowest BCUT2D eigenvalue weighted by Crippen LogP contribution is -2.20. The molecule has 0 aromatic heterocycles. The maximum absolute atomic E-state index is 14.3. The molecule has 0 spiro atoms. The van der Waals surface area contributed by atoms with Crippen molar-refractivity contribution < 1.29 is 44.6 Å². The monoisotopic (exact) mass is 700 g/mol. The zero-order valence-corrected chi connectivity index (χ0v) is 30.3. The zero-order chi connectivity index (χ0) is 38.3. The van der Waals surface area contributed by atoms with Crippen molar-refractivity contribution in [3.05, 3.63) is 124 Å². The highest BCUT2D eigenvalue weighted by Crippen LogP contribution is 2.41. The fraction of sp³-hybridized carbons (Fsp3) is 0.385. The van der Waals surface area contributed by atoms with Gasteiger partial charge in [0.25, 0.3) is 0 Å². The maximum Gasteiger partial charge on any atom is 0.204 e. The molecule has 0 heterocycles. The van der Waals surface area contributed by atoms with Gasteiger partial charge in [-0.25, -0.2) is 26.3 Å². The maximum atomic E-state index is 14.3. The van der Waals surface area contributed by atoms with Gasteiger partial charge in [-0.05, 0) is 43.7 Å². The summed E-state index contributed by atoms with van der Waals surface area (Å²) in [5.74, 6) is -18.5. The van der Waals surface area contributed by atoms with Crippen LogP contribution in [0.3, 0.4) is 0 Å². The fourth-order valence-corrected chi connectivity index (χ4v) is 3.95. The topological polar surface area (TPSA) is 18.5 Å². The van der Waals surface area contributed by atoms with E-state index in [4.69, 9.17) is 4.74 Å². The van der Waals surface area contributed by atoms with Crippen LogP contribution in [-0.4, -0.2) is 19.8 Å². The minimum Gasteiger partial charge on any atom is -0.491 e. The first-order valence-electron chi connectivity index (χ1n) is 15.8. The molecule has 0 bridgehead atoms. The molecule has 0 saturated heterocycles. The Kier molecular flexibility index (Phi) is 18.9. The second kappa shape index (κ2) is 20.6. The van der Waals surface area contributed by atoms with Crippen LogP contribution in [0, 0.1) is 46.5 Å². The van der Waals surface area contributed by atoms with E-state index in [-0.39, 0.29) is 5.60 Å². The molecule has 0 aliphatic carbocycles. The Balaban J connectivity index is 0.000000826. The Bertz CT molecular complexity index is 1480. The van der Waals surface area contributed by atoms with Gasteiger partial charge in [0, 0.05) is 12.7 Å². The summed E-state index contributed by atoms with van der Waals surface area (Å²) < 4.78 is 122. The number of methoxy groups -OCH3 is 2. The molecule has 272 valence electrons. The van der Waals surface area contributed by atoms with E-state index < -0.39 is 74.4 Å². The molecule has 10 heteroatoms. The van der Waals surface area contributed by atoms with Gasteiger partial charge < -0.3 is 9.47 Å². The summed E-state index contributed by atoms with van der Waals surface area (Å²) in [4.78, 5) is 0. The van der Waals surface area contributed by atoms with Gasteiger partial charge >= 0.3 is 0 Å². The largest absolute Gasteiger partial charge is 0.491 e. The van der Waals surface area contributed by atoms with Crippen LogP contribution in [0.5, 0.6) is 5.75 Å². The number of halogens is 8. The number of benzene rings is 4. The molecule has 49 heavy (non-hydrogen) atoms. The van der Waals surface area contributed by atoms with Gasteiger partial charge in [0.1, 0.15) is 0 Å². The third-order valence-electron chi connectivity index (χ3n) is 6.40. The summed E-state index contributed by atoms with van der Waals surface area (Å²) in [5.41, 5.74) is -3.48. The van der Waals surface area contributed by atoms with Crippen LogP contribution in [0.1, 0.15) is 85.9 Å². The molecule has 0 amide bonds. The fourth-order valence-electron chi connectivity index (χ4n) is 3.95. The Labute approximate surface area is 286 Å². The average Bonchev–Trinajstić information content (AvgIpc) is 3.07. The normalized spacial score (nSPS) is 10.6. The molecule has 0 unspecified atom stereocenters. The van der Waals surface area contributed by atoms with E-state index in [1.807, 2.05) is 48.5 Å². The van der Waals surface area contributed by atoms with Crippen LogP contribution in [-0.2, 0) is 16.6 Å². The standard InChI is InChI=1S/C17H12F8O.C13H12.C5H12O.2C2H6/c1-17(2,3)7-12(22)8(18)5(9(19)13(7)23)6-10(20)14(24)16(26-4)15(25)11(6)21;1-3-7-12(8-4-1)11-13-9-5-2-6-10-13;1-5(2,3)6-4;2*1-2/h1-4H3;1-10H,11H2;1-4H3;2*1-2H3. The first-order chi connectivity index (χ1) is 22.9. The van der Waals surface area contributed by atoms with Crippen LogP contribution >= 0.6 is 0 Å². The van der Waals surface area contributed by atoms with Crippen molar-refractivity contribution in [2.45, 2.75) is 86.7 Å². The number of hydrogen-bond acceptors (Lipinski definition) is 2. The van der Waals surface area contributed by atoms with E-state index in [1.165, 1.54) is 31.9 Å². The van der Waals surface area contributed by atoms with Gasteiger partial charge in [-0.2, -0.15) is 8.78 Å². The van der Waals surface area contributed by atoms with Crippen molar-refractivity contribution in [2.75, 3.05) is 14.2 Å².